The number of amides is 1. The summed E-state index contributed by atoms with van der Waals surface area (Å²) >= 11 is 0. The standard InChI is InChI=1S/C21H23N3O3/c25-20-17-6-7-18(22-19(17)21(26)23-20)27-16-5-4-13-8-10-24(15-2-1-3-15)11-9-14(13)12-16/h4-7,12,15,21,26H,1-3,8-11H2,(H,23,25). The topological polar surface area (TPSA) is 74.7 Å². The van der Waals surface area contributed by atoms with Gasteiger partial charge in [0.05, 0.1) is 5.56 Å². The zero-order valence-electron chi connectivity index (χ0n) is 15.1. The number of aliphatic hydroxyl groups is 1. The smallest absolute Gasteiger partial charge is 0.255 e. The maximum Gasteiger partial charge on any atom is 0.255 e. The molecule has 0 radical (unpaired) electrons. The molecule has 1 unspecified atom stereocenters. The highest BCUT2D eigenvalue weighted by atomic mass is 16.5. The minimum atomic E-state index is -1.07. The molecule has 0 spiro atoms. The number of aromatic nitrogens is 1. The van der Waals surface area contributed by atoms with Gasteiger partial charge in [-0.2, -0.15) is 0 Å². The number of carbonyl (C=O) groups excluding carboxylic acids is 1. The number of rotatable bonds is 3. The second kappa shape index (κ2) is 6.62. The van der Waals surface area contributed by atoms with Crippen LogP contribution in [0.15, 0.2) is 30.3 Å². The molecule has 3 aliphatic rings. The van der Waals surface area contributed by atoms with Crippen LogP contribution in [0.4, 0.5) is 0 Å². The number of hydrogen-bond acceptors (Lipinski definition) is 5. The lowest BCUT2D eigenvalue weighted by atomic mass is 9.91. The second-order valence-electron chi connectivity index (χ2n) is 7.61. The molecule has 2 aliphatic heterocycles. The van der Waals surface area contributed by atoms with Crippen molar-refractivity contribution in [2.75, 3.05) is 13.1 Å². The molecular formula is C21H23N3O3. The predicted molar refractivity (Wildman–Crippen MR) is 99.8 cm³/mol. The van der Waals surface area contributed by atoms with Crippen molar-refractivity contribution in [1.29, 1.82) is 0 Å². The first-order valence-corrected chi connectivity index (χ1v) is 9.71. The molecule has 1 atom stereocenters. The molecule has 3 heterocycles. The van der Waals surface area contributed by atoms with E-state index in [-0.39, 0.29) is 5.91 Å². The molecule has 5 rings (SSSR count). The lowest BCUT2D eigenvalue weighted by molar-refractivity contribution is 0.0846. The van der Waals surface area contributed by atoms with Gasteiger partial charge < -0.3 is 15.2 Å². The van der Waals surface area contributed by atoms with E-state index < -0.39 is 6.23 Å². The summed E-state index contributed by atoms with van der Waals surface area (Å²) in [6.45, 7) is 2.25. The third-order valence-electron chi connectivity index (χ3n) is 6.00. The molecule has 6 heteroatoms. The molecule has 6 nitrogen and oxygen atoms in total. The summed E-state index contributed by atoms with van der Waals surface area (Å²) in [5.41, 5.74) is 3.46. The maximum atomic E-state index is 11.7. The fourth-order valence-electron chi connectivity index (χ4n) is 4.20. The van der Waals surface area contributed by atoms with E-state index in [1.807, 2.05) is 6.07 Å². The van der Waals surface area contributed by atoms with Crippen LogP contribution >= 0.6 is 0 Å². The highest BCUT2D eigenvalue weighted by Crippen LogP contribution is 2.30. The molecule has 2 N–H and O–H groups in total. The highest BCUT2D eigenvalue weighted by Gasteiger charge is 2.29. The first kappa shape index (κ1) is 16.7. The van der Waals surface area contributed by atoms with Crippen molar-refractivity contribution in [2.45, 2.75) is 44.4 Å². The Morgan fingerprint density at radius 1 is 1.11 bits per heavy atom. The van der Waals surface area contributed by atoms with Crippen LogP contribution in [0, 0.1) is 0 Å². The van der Waals surface area contributed by atoms with Crippen LogP contribution < -0.4 is 10.1 Å². The Labute approximate surface area is 158 Å². The van der Waals surface area contributed by atoms with Crippen LogP contribution in [0.1, 0.15) is 52.7 Å². The number of nitrogens with zero attached hydrogens (tertiary/aromatic N) is 2. The SMILES string of the molecule is O=C1NC(O)c2nc(Oc3ccc4c(c3)CCN(C3CCC3)CC4)ccc21. The molecule has 1 amide bonds. The van der Waals surface area contributed by atoms with Crippen LogP contribution in [0.25, 0.3) is 0 Å². The number of carbonyl (C=O) groups is 1. The van der Waals surface area contributed by atoms with Crippen molar-refractivity contribution >= 4 is 5.91 Å². The summed E-state index contributed by atoms with van der Waals surface area (Å²) in [4.78, 5) is 18.6. The molecule has 140 valence electrons. The first-order chi connectivity index (χ1) is 13.2. The monoisotopic (exact) mass is 365 g/mol. The Bertz CT molecular complexity index is 894. The molecule has 2 aromatic rings. The fourth-order valence-corrected chi connectivity index (χ4v) is 4.20. The number of fused-ring (bicyclic) bond motifs is 2. The summed E-state index contributed by atoms with van der Waals surface area (Å²) in [6, 6.07) is 10.3. The number of benzene rings is 1. The Hall–Kier alpha value is -2.44. The number of ether oxygens (including phenoxy) is 1. The summed E-state index contributed by atoms with van der Waals surface area (Å²) in [5, 5.41) is 12.3. The zero-order valence-corrected chi connectivity index (χ0v) is 15.1. The van der Waals surface area contributed by atoms with E-state index >= 15 is 0 Å². The van der Waals surface area contributed by atoms with Gasteiger partial charge in [0, 0.05) is 25.2 Å². The summed E-state index contributed by atoms with van der Waals surface area (Å²) < 4.78 is 5.93. The Kier molecular flexibility index (Phi) is 4.10. The number of nitrogens with one attached hydrogen (secondary N) is 1. The molecule has 1 fully saturated rings. The van der Waals surface area contributed by atoms with Gasteiger partial charge >= 0.3 is 0 Å². The summed E-state index contributed by atoms with van der Waals surface area (Å²) in [6.07, 6.45) is 5.12. The Morgan fingerprint density at radius 2 is 1.93 bits per heavy atom. The largest absolute Gasteiger partial charge is 0.439 e. The first-order valence-electron chi connectivity index (χ1n) is 9.71. The normalized spacial score (nSPS) is 22.4. The van der Waals surface area contributed by atoms with E-state index in [1.54, 1.807) is 12.1 Å². The number of pyridine rings is 1. The molecule has 0 saturated heterocycles. The van der Waals surface area contributed by atoms with Crippen molar-refractivity contribution in [3.8, 4) is 11.6 Å². The van der Waals surface area contributed by atoms with Gasteiger partial charge in [-0.1, -0.05) is 12.5 Å². The molecule has 27 heavy (non-hydrogen) atoms. The van der Waals surface area contributed by atoms with Gasteiger partial charge in [-0.05, 0) is 55.0 Å². The van der Waals surface area contributed by atoms with E-state index in [9.17, 15) is 9.90 Å². The molecule has 1 saturated carbocycles. The van der Waals surface area contributed by atoms with Gasteiger partial charge in [-0.15, -0.1) is 0 Å². The second-order valence-corrected chi connectivity index (χ2v) is 7.61. The van der Waals surface area contributed by atoms with E-state index in [4.69, 9.17) is 4.74 Å². The van der Waals surface area contributed by atoms with Crippen molar-refractivity contribution < 1.29 is 14.6 Å². The zero-order chi connectivity index (χ0) is 18.4. The predicted octanol–water partition coefficient (Wildman–Crippen LogP) is 2.56. The third-order valence-corrected chi connectivity index (χ3v) is 6.00. The van der Waals surface area contributed by atoms with E-state index in [2.05, 4.69) is 27.3 Å². The minimum Gasteiger partial charge on any atom is -0.439 e. The third kappa shape index (κ3) is 3.09. The lowest BCUT2D eigenvalue weighted by Crippen LogP contribution is -2.41. The number of hydrogen-bond donors (Lipinski definition) is 2. The van der Waals surface area contributed by atoms with Crippen LogP contribution in [-0.4, -0.2) is 40.0 Å². The van der Waals surface area contributed by atoms with Crippen LogP contribution in [0.3, 0.4) is 0 Å². The van der Waals surface area contributed by atoms with Crippen molar-refractivity contribution in [3.63, 3.8) is 0 Å². The maximum absolute atomic E-state index is 11.7. The molecular weight excluding hydrogens is 342 g/mol. The summed E-state index contributed by atoms with van der Waals surface area (Å²) in [5.74, 6) is 0.816. The average molecular weight is 365 g/mol. The van der Waals surface area contributed by atoms with Gasteiger partial charge in [-0.3, -0.25) is 9.69 Å². The van der Waals surface area contributed by atoms with Crippen LogP contribution in [0.5, 0.6) is 11.6 Å². The Balaban J connectivity index is 1.33. The van der Waals surface area contributed by atoms with Crippen molar-refractivity contribution in [2.24, 2.45) is 0 Å². The van der Waals surface area contributed by atoms with Crippen molar-refractivity contribution in [1.82, 2.24) is 15.2 Å². The van der Waals surface area contributed by atoms with Gasteiger partial charge in [0.1, 0.15) is 11.4 Å². The molecule has 1 aromatic heterocycles. The van der Waals surface area contributed by atoms with Gasteiger partial charge in [0.25, 0.3) is 5.91 Å². The summed E-state index contributed by atoms with van der Waals surface area (Å²) in [7, 11) is 0. The number of aliphatic hydroxyl groups excluding tert-OH is 1. The lowest BCUT2D eigenvalue weighted by Gasteiger charge is -2.36. The van der Waals surface area contributed by atoms with Crippen molar-refractivity contribution in [3.05, 3.63) is 52.7 Å². The van der Waals surface area contributed by atoms with Gasteiger partial charge in [-0.25, -0.2) is 4.98 Å². The Morgan fingerprint density at radius 3 is 2.70 bits per heavy atom. The molecule has 1 aromatic carbocycles. The van der Waals surface area contributed by atoms with E-state index in [1.165, 1.54) is 30.4 Å². The average Bonchev–Trinajstić information content (AvgIpc) is 2.78. The minimum absolute atomic E-state index is 0.308. The molecule has 1 aliphatic carbocycles. The highest BCUT2D eigenvalue weighted by molar-refractivity contribution is 5.98. The van der Waals surface area contributed by atoms with Crippen LogP contribution in [0.2, 0.25) is 0 Å². The fraction of sp³-hybridized carbons (Fsp3) is 0.429. The van der Waals surface area contributed by atoms with Gasteiger partial charge in [0.2, 0.25) is 5.88 Å². The van der Waals surface area contributed by atoms with Crippen LogP contribution in [-0.2, 0) is 12.8 Å². The van der Waals surface area contributed by atoms with Gasteiger partial charge in [0.15, 0.2) is 6.23 Å². The quantitative estimate of drug-likeness (QED) is 0.874. The molecule has 0 bridgehead atoms. The van der Waals surface area contributed by atoms with E-state index in [0.717, 1.165) is 37.7 Å². The van der Waals surface area contributed by atoms with E-state index in [0.29, 0.717) is 17.1 Å².